The standard InChI is InChI=1S/C13H20ClN5S/c1-9-7-20-8-10(9)12(17-15)13-11(14)6-16-19(13)5-4-18(2)3/h6-8,12,17H,4-5,15H2,1-3H3. The van der Waals surface area contributed by atoms with E-state index in [-0.39, 0.29) is 6.04 Å². The van der Waals surface area contributed by atoms with Gasteiger partial charge in [0.15, 0.2) is 0 Å². The Morgan fingerprint density at radius 3 is 2.80 bits per heavy atom. The zero-order chi connectivity index (χ0) is 14.7. The summed E-state index contributed by atoms with van der Waals surface area (Å²) in [5.74, 6) is 5.76. The number of hydrogen-bond donors (Lipinski definition) is 2. The maximum atomic E-state index is 6.31. The predicted molar refractivity (Wildman–Crippen MR) is 84.0 cm³/mol. The van der Waals surface area contributed by atoms with Gasteiger partial charge >= 0.3 is 0 Å². The highest BCUT2D eigenvalue weighted by Crippen LogP contribution is 2.31. The first kappa shape index (κ1) is 15.5. The van der Waals surface area contributed by atoms with Gasteiger partial charge in [-0.25, -0.2) is 5.43 Å². The Morgan fingerprint density at radius 2 is 2.25 bits per heavy atom. The van der Waals surface area contributed by atoms with Crippen molar-refractivity contribution < 1.29 is 0 Å². The quantitative estimate of drug-likeness (QED) is 0.633. The van der Waals surface area contributed by atoms with E-state index >= 15 is 0 Å². The van der Waals surface area contributed by atoms with E-state index in [2.05, 4.69) is 33.1 Å². The summed E-state index contributed by atoms with van der Waals surface area (Å²) in [5, 5.41) is 9.20. The third-order valence-electron chi connectivity index (χ3n) is 3.24. The summed E-state index contributed by atoms with van der Waals surface area (Å²) in [6.45, 7) is 3.74. The Labute approximate surface area is 128 Å². The monoisotopic (exact) mass is 313 g/mol. The minimum atomic E-state index is -0.140. The topological polar surface area (TPSA) is 59.1 Å². The molecule has 2 aromatic heterocycles. The zero-order valence-corrected chi connectivity index (χ0v) is 13.5. The van der Waals surface area contributed by atoms with Gasteiger partial charge in [-0.15, -0.1) is 0 Å². The molecule has 20 heavy (non-hydrogen) atoms. The fraction of sp³-hybridized carbons (Fsp3) is 0.462. The number of thiophene rings is 1. The number of rotatable bonds is 6. The molecule has 2 rings (SSSR count). The van der Waals surface area contributed by atoms with Gasteiger partial charge in [-0.2, -0.15) is 16.4 Å². The lowest BCUT2D eigenvalue weighted by Gasteiger charge is -2.19. The van der Waals surface area contributed by atoms with Gasteiger partial charge < -0.3 is 4.90 Å². The van der Waals surface area contributed by atoms with Gasteiger partial charge in [0.05, 0.1) is 29.5 Å². The van der Waals surface area contributed by atoms with Gasteiger partial charge in [0, 0.05) is 6.54 Å². The highest BCUT2D eigenvalue weighted by atomic mass is 35.5. The van der Waals surface area contributed by atoms with E-state index in [4.69, 9.17) is 17.4 Å². The summed E-state index contributed by atoms with van der Waals surface area (Å²) in [6, 6.07) is -0.140. The van der Waals surface area contributed by atoms with Crippen LogP contribution in [0.3, 0.4) is 0 Å². The minimum Gasteiger partial charge on any atom is -0.308 e. The summed E-state index contributed by atoms with van der Waals surface area (Å²) in [6.07, 6.45) is 1.68. The number of nitrogens with zero attached hydrogens (tertiary/aromatic N) is 3. The van der Waals surface area contributed by atoms with Crippen LogP contribution in [0.25, 0.3) is 0 Å². The molecule has 0 aliphatic carbocycles. The summed E-state index contributed by atoms with van der Waals surface area (Å²) >= 11 is 7.97. The molecule has 0 aliphatic heterocycles. The highest BCUT2D eigenvalue weighted by Gasteiger charge is 2.23. The lowest BCUT2D eigenvalue weighted by Crippen LogP contribution is -2.32. The molecular formula is C13H20ClN5S. The molecular weight excluding hydrogens is 294 g/mol. The van der Waals surface area contributed by atoms with E-state index in [1.54, 1.807) is 17.5 Å². The van der Waals surface area contributed by atoms with Crippen LogP contribution in [-0.4, -0.2) is 35.3 Å². The molecule has 7 heteroatoms. The fourth-order valence-electron chi connectivity index (χ4n) is 2.11. The fourth-order valence-corrected chi connectivity index (χ4v) is 3.24. The molecule has 0 spiro atoms. The Bertz CT molecular complexity index is 563. The van der Waals surface area contributed by atoms with Crippen molar-refractivity contribution in [1.82, 2.24) is 20.1 Å². The first-order valence-electron chi connectivity index (χ1n) is 6.39. The minimum absolute atomic E-state index is 0.140. The molecule has 3 N–H and O–H groups in total. The second-order valence-corrected chi connectivity index (χ2v) is 6.16. The van der Waals surface area contributed by atoms with Crippen LogP contribution in [0.4, 0.5) is 0 Å². The van der Waals surface area contributed by atoms with E-state index < -0.39 is 0 Å². The van der Waals surface area contributed by atoms with Crippen LogP contribution in [0.15, 0.2) is 17.0 Å². The van der Waals surface area contributed by atoms with E-state index in [0.717, 1.165) is 24.3 Å². The maximum absolute atomic E-state index is 6.31. The smallest absolute Gasteiger partial charge is 0.0904 e. The van der Waals surface area contributed by atoms with Gasteiger partial charge in [-0.3, -0.25) is 10.5 Å². The zero-order valence-electron chi connectivity index (χ0n) is 11.9. The van der Waals surface area contributed by atoms with Crippen molar-refractivity contribution in [3.05, 3.63) is 38.8 Å². The van der Waals surface area contributed by atoms with Crippen molar-refractivity contribution in [2.75, 3.05) is 20.6 Å². The van der Waals surface area contributed by atoms with Crippen LogP contribution in [0, 0.1) is 6.92 Å². The third-order valence-corrected chi connectivity index (χ3v) is 4.41. The molecule has 0 amide bonds. The molecule has 110 valence electrons. The van der Waals surface area contributed by atoms with Crippen LogP contribution < -0.4 is 11.3 Å². The van der Waals surface area contributed by atoms with E-state index in [1.165, 1.54) is 5.56 Å². The van der Waals surface area contributed by atoms with Crippen molar-refractivity contribution in [3.63, 3.8) is 0 Å². The largest absolute Gasteiger partial charge is 0.308 e. The predicted octanol–water partition coefficient (Wildman–Crippen LogP) is 2.02. The van der Waals surface area contributed by atoms with Crippen LogP contribution in [0.2, 0.25) is 5.02 Å². The Hall–Kier alpha value is -0.920. The van der Waals surface area contributed by atoms with E-state index in [0.29, 0.717) is 5.02 Å². The first-order valence-corrected chi connectivity index (χ1v) is 7.71. The maximum Gasteiger partial charge on any atom is 0.0904 e. The lowest BCUT2D eigenvalue weighted by molar-refractivity contribution is 0.365. The molecule has 0 saturated carbocycles. The Balaban J connectivity index is 2.34. The molecule has 1 atom stereocenters. The number of nitrogens with two attached hydrogens (primary N) is 1. The van der Waals surface area contributed by atoms with E-state index in [9.17, 15) is 0 Å². The SMILES string of the molecule is Cc1cscc1C(NN)c1c(Cl)cnn1CCN(C)C. The molecule has 0 aromatic carbocycles. The van der Waals surface area contributed by atoms with Gasteiger partial charge in [0.2, 0.25) is 0 Å². The highest BCUT2D eigenvalue weighted by molar-refractivity contribution is 7.08. The molecule has 0 aliphatic rings. The van der Waals surface area contributed by atoms with Crippen LogP contribution in [0.5, 0.6) is 0 Å². The van der Waals surface area contributed by atoms with Crippen LogP contribution >= 0.6 is 22.9 Å². The van der Waals surface area contributed by atoms with Crippen molar-refractivity contribution in [1.29, 1.82) is 0 Å². The lowest BCUT2D eigenvalue weighted by atomic mass is 10.0. The summed E-state index contributed by atoms with van der Waals surface area (Å²) in [4.78, 5) is 2.11. The summed E-state index contributed by atoms with van der Waals surface area (Å²) in [5.41, 5.74) is 6.13. The molecule has 2 heterocycles. The molecule has 5 nitrogen and oxygen atoms in total. The van der Waals surface area contributed by atoms with Crippen LogP contribution in [0.1, 0.15) is 22.9 Å². The third kappa shape index (κ3) is 3.21. The number of nitrogens with one attached hydrogen (secondary N) is 1. The normalized spacial score (nSPS) is 13.1. The number of halogens is 1. The van der Waals surface area contributed by atoms with Gasteiger partial charge in [-0.05, 0) is 42.9 Å². The van der Waals surface area contributed by atoms with Gasteiger partial charge in [-0.1, -0.05) is 11.6 Å². The molecule has 0 fully saturated rings. The Kier molecular flexibility index (Phi) is 5.17. The second kappa shape index (κ2) is 6.69. The average Bonchev–Trinajstić information content (AvgIpc) is 2.97. The molecule has 1 unspecified atom stereocenters. The summed E-state index contributed by atoms with van der Waals surface area (Å²) in [7, 11) is 4.07. The van der Waals surface area contributed by atoms with Crippen molar-refractivity contribution in [2.24, 2.45) is 5.84 Å². The number of hydrazine groups is 1. The number of aryl methyl sites for hydroxylation is 1. The molecule has 0 saturated heterocycles. The number of hydrogen-bond acceptors (Lipinski definition) is 5. The Morgan fingerprint density at radius 1 is 1.50 bits per heavy atom. The van der Waals surface area contributed by atoms with Crippen LogP contribution in [-0.2, 0) is 6.54 Å². The first-order chi connectivity index (χ1) is 9.54. The van der Waals surface area contributed by atoms with Crippen molar-refractivity contribution in [3.8, 4) is 0 Å². The second-order valence-electron chi connectivity index (χ2n) is 5.01. The van der Waals surface area contributed by atoms with Gasteiger partial charge in [0.1, 0.15) is 0 Å². The van der Waals surface area contributed by atoms with Crippen molar-refractivity contribution >= 4 is 22.9 Å². The number of likely N-dealkylation sites (N-methyl/N-ethyl adjacent to an activating group) is 1. The van der Waals surface area contributed by atoms with E-state index in [1.807, 2.05) is 18.8 Å². The number of aromatic nitrogens is 2. The molecule has 0 bridgehead atoms. The van der Waals surface area contributed by atoms with Crippen molar-refractivity contribution in [2.45, 2.75) is 19.5 Å². The molecule has 0 radical (unpaired) electrons. The molecule has 2 aromatic rings. The summed E-state index contributed by atoms with van der Waals surface area (Å²) < 4.78 is 1.92. The van der Waals surface area contributed by atoms with Gasteiger partial charge in [0.25, 0.3) is 0 Å². The average molecular weight is 314 g/mol.